The standard InChI is InChI=1S/C16H18BrClN2/c1-11(15-9-4-12(17)10-16(15)18)19-13-5-7-14(8-6-13)20(2)3/h4-11,19H,1-3H3. The summed E-state index contributed by atoms with van der Waals surface area (Å²) in [5.74, 6) is 0. The van der Waals surface area contributed by atoms with E-state index in [1.807, 2.05) is 32.3 Å². The van der Waals surface area contributed by atoms with Crippen LogP contribution in [-0.4, -0.2) is 14.1 Å². The van der Waals surface area contributed by atoms with Crippen LogP contribution < -0.4 is 10.2 Å². The van der Waals surface area contributed by atoms with E-state index < -0.39 is 0 Å². The van der Waals surface area contributed by atoms with Gasteiger partial charge in [0.05, 0.1) is 0 Å². The van der Waals surface area contributed by atoms with Crippen LogP contribution in [0, 0.1) is 0 Å². The van der Waals surface area contributed by atoms with Crippen molar-refractivity contribution in [1.29, 1.82) is 0 Å². The van der Waals surface area contributed by atoms with Gasteiger partial charge in [-0.1, -0.05) is 33.6 Å². The number of anilines is 2. The van der Waals surface area contributed by atoms with Gasteiger partial charge in [-0.2, -0.15) is 0 Å². The van der Waals surface area contributed by atoms with E-state index in [2.05, 4.69) is 57.3 Å². The Morgan fingerprint density at radius 2 is 1.75 bits per heavy atom. The molecule has 1 atom stereocenters. The zero-order valence-electron chi connectivity index (χ0n) is 11.8. The van der Waals surface area contributed by atoms with Gasteiger partial charge in [-0.15, -0.1) is 0 Å². The Kier molecular flexibility index (Phi) is 4.95. The molecule has 0 heterocycles. The van der Waals surface area contributed by atoms with E-state index in [1.54, 1.807) is 0 Å². The van der Waals surface area contributed by atoms with Gasteiger partial charge in [0.15, 0.2) is 0 Å². The van der Waals surface area contributed by atoms with Gasteiger partial charge in [0, 0.05) is 41.0 Å². The first-order chi connectivity index (χ1) is 9.47. The average Bonchev–Trinajstić information content (AvgIpc) is 2.39. The minimum absolute atomic E-state index is 0.154. The summed E-state index contributed by atoms with van der Waals surface area (Å²) in [4.78, 5) is 2.08. The van der Waals surface area contributed by atoms with Crippen LogP contribution in [0.2, 0.25) is 5.02 Å². The van der Waals surface area contributed by atoms with Gasteiger partial charge in [-0.25, -0.2) is 0 Å². The van der Waals surface area contributed by atoms with Crippen LogP contribution in [0.5, 0.6) is 0 Å². The van der Waals surface area contributed by atoms with Crippen molar-refractivity contribution >= 4 is 38.9 Å². The molecule has 0 saturated heterocycles. The molecule has 0 aliphatic heterocycles. The summed E-state index contributed by atoms with van der Waals surface area (Å²) in [5.41, 5.74) is 3.36. The minimum Gasteiger partial charge on any atom is -0.378 e. The van der Waals surface area contributed by atoms with Crippen molar-refractivity contribution in [3.63, 3.8) is 0 Å². The van der Waals surface area contributed by atoms with Crippen LogP contribution in [-0.2, 0) is 0 Å². The van der Waals surface area contributed by atoms with Crippen molar-refractivity contribution in [2.24, 2.45) is 0 Å². The van der Waals surface area contributed by atoms with E-state index >= 15 is 0 Å². The molecule has 0 fully saturated rings. The first-order valence-corrected chi connectivity index (χ1v) is 7.63. The molecule has 1 unspecified atom stereocenters. The van der Waals surface area contributed by atoms with E-state index in [1.165, 1.54) is 5.69 Å². The molecule has 4 heteroatoms. The molecule has 1 N–H and O–H groups in total. The molecule has 2 aromatic rings. The largest absolute Gasteiger partial charge is 0.378 e. The van der Waals surface area contributed by atoms with Gasteiger partial charge >= 0.3 is 0 Å². The average molecular weight is 354 g/mol. The third-order valence-electron chi connectivity index (χ3n) is 3.20. The summed E-state index contributed by atoms with van der Waals surface area (Å²) in [6, 6.07) is 14.5. The Morgan fingerprint density at radius 3 is 2.30 bits per heavy atom. The maximum absolute atomic E-state index is 6.28. The third kappa shape index (κ3) is 3.68. The van der Waals surface area contributed by atoms with Crippen LogP contribution in [0.25, 0.3) is 0 Å². The molecule has 0 spiro atoms. The molecule has 0 aliphatic carbocycles. The van der Waals surface area contributed by atoms with Crippen LogP contribution in [0.3, 0.4) is 0 Å². The fourth-order valence-corrected chi connectivity index (χ4v) is 2.87. The predicted molar refractivity (Wildman–Crippen MR) is 92.0 cm³/mol. The van der Waals surface area contributed by atoms with E-state index in [9.17, 15) is 0 Å². The van der Waals surface area contributed by atoms with Gasteiger partial charge in [0.2, 0.25) is 0 Å². The Labute approximate surface area is 133 Å². The molecule has 0 amide bonds. The number of hydrogen-bond donors (Lipinski definition) is 1. The van der Waals surface area contributed by atoms with Gasteiger partial charge in [0.1, 0.15) is 0 Å². The number of halogens is 2. The smallest absolute Gasteiger partial charge is 0.0500 e. The molecule has 0 bridgehead atoms. The first kappa shape index (κ1) is 15.2. The van der Waals surface area contributed by atoms with Crippen molar-refractivity contribution in [2.75, 3.05) is 24.3 Å². The highest BCUT2D eigenvalue weighted by Crippen LogP contribution is 2.29. The summed E-state index contributed by atoms with van der Waals surface area (Å²) < 4.78 is 0.994. The minimum atomic E-state index is 0.154. The van der Waals surface area contributed by atoms with Crippen molar-refractivity contribution in [1.82, 2.24) is 0 Å². The lowest BCUT2D eigenvalue weighted by atomic mass is 10.1. The summed E-state index contributed by atoms with van der Waals surface area (Å²) in [6.07, 6.45) is 0. The van der Waals surface area contributed by atoms with Gasteiger partial charge in [-0.05, 0) is 48.9 Å². The van der Waals surface area contributed by atoms with Crippen molar-refractivity contribution in [3.8, 4) is 0 Å². The van der Waals surface area contributed by atoms with Crippen LogP contribution in [0.15, 0.2) is 46.9 Å². The van der Waals surface area contributed by atoms with Crippen LogP contribution >= 0.6 is 27.5 Å². The summed E-state index contributed by atoms with van der Waals surface area (Å²) in [6.45, 7) is 2.11. The third-order valence-corrected chi connectivity index (χ3v) is 4.02. The first-order valence-electron chi connectivity index (χ1n) is 6.46. The summed E-state index contributed by atoms with van der Waals surface area (Å²) in [5, 5.41) is 4.23. The molecule has 0 radical (unpaired) electrons. The molecular formula is C16H18BrClN2. The predicted octanol–water partition coefficient (Wildman–Crippen LogP) is 5.34. The van der Waals surface area contributed by atoms with E-state index in [-0.39, 0.29) is 6.04 Å². The van der Waals surface area contributed by atoms with Crippen LogP contribution in [0.1, 0.15) is 18.5 Å². The summed E-state index contributed by atoms with van der Waals surface area (Å²) >= 11 is 9.70. The second-order valence-electron chi connectivity index (χ2n) is 4.97. The monoisotopic (exact) mass is 352 g/mol. The Morgan fingerprint density at radius 1 is 1.10 bits per heavy atom. The number of benzene rings is 2. The molecule has 0 saturated carbocycles. The molecule has 2 rings (SSSR count). The topological polar surface area (TPSA) is 15.3 Å². The SMILES string of the molecule is CC(Nc1ccc(N(C)C)cc1)c1ccc(Br)cc1Cl. The molecule has 0 aliphatic rings. The number of hydrogen-bond acceptors (Lipinski definition) is 2. The molecular weight excluding hydrogens is 336 g/mol. The quantitative estimate of drug-likeness (QED) is 0.798. The lowest BCUT2D eigenvalue weighted by Gasteiger charge is -2.18. The molecule has 20 heavy (non-hydrogen) atoms. The zero-order chi connectivity index (χ0) is 14.7. The lowest BCUT2D eigenvalue weighted by Crippen LogP contribution is -2.09. The highest BCUT2D eigenvalue weighted by atomic mass is 79.9. The summed E-state index contributed by atoms with van der Waals surface area (Å²) in [7, 11) is 4.07. The fraction of sp³-hybridized carbons (Fsp3) is 0.250. The molecule has 106 valence electrons. The highest BCUT2D eigenvalue weighted by Gasteiger charge is 2.10. The van der Waals surface area contributed by atoms with E-state index in [4.69, 9.17) is 11.6 Å². The van der Waals surface area contributed by atoms with Gasteiger partial charge in [-0.3, -0.25) is 0 Å². The normalized spacial score (nSPS) is 12.1. The van der Waals surface area contributed by atoms with Crippen LogP contribution in [0.4, 0.5) is 11.4 Å². The van der Waals surface area contributed by atoms with Crippen molar-refractivity contribution in [2.45, 2.75) is 13.0 Å². The van der Waals surface area contributed by atoms with E-state index in [0.29, 0.717) is 0 Å². The molecule has 2 aromatic carbocycles. The Hall–Kier alpha value is -1.19. The Balaban J connectivity index is 2.12. The second-order valence-corrected chi connectivity index (χ2v) is 6.30. The van der Waals surface area contributed by atoms with Gasteiger partial charge < -0.3 is 10.2 Å². The molecule has 0 aromatic heterocycles. The van der Waals surface area contributed by atoms with Gasteiger partial charge in [0.25, 0.3) is 0 Å². The molecule has 2 nitrogen and oxygen atoms in total. The number of nitrogens with zero attached hydrogens (tertiary/aromatic N) is 1. The number of rotatable bonds is 4. The fourth-order valence-electron chi connectivity index (χ4n) is 2.04. The van der Waals surface area contributed by atoms with Crippen molar-refractivity contribution < 1.29 is 0 Å². The van der Waals surface area contributed by atoms with E-state index in [0.717, 1.165) is 20.7 Å². The Bertz CT molecular complexity index is 582. The van der Waals surface area contributed by atoms with Crippen molar-refractivity contribution in [3.05, 3.63) is 57.5 Å². The number of nitrogens with one attached hydrogen (secondary N) is 1. The highest BCUT2D eigenvalue weighted by molar-refractivity contribution is 9.10. The zero-order valence-corrected chi connectivity index (χ0v) is 14.2. The second kappa shape index (κ2) is 6.51. The maximum atomic E-state index is 6.28. The maximum Gasteiger partial charge on any atom is 0.0500 e. The lowest BCUT2D eigenvalue weighted by molar-refractivity contribution is 0.884.